The molecular weight excluding hydrogens is 428 g/mol. The van der Waals surface area contributed by atoms with Crippen molar-refractivity contribution >= 4 is 5.97 Å². The molecule has 0 radical (unpaired) electrons. The summed E-state index contributed by atoms with van der Waals surface area (Å²) < 4.78 is 11.9. The average Bonchev–Trinajstić information content (AvgIpc) is 3.32. The standard InChI is InChI=1S/C28H34N2O4/c1-30(2,20-26(31)33-21-22-12-6-3-7-13-22)19-25-18-29-27(34-25)28(32,23-14-8-4-9-15-23)24-16-10-5-11-17-24/h3-4,6-9,12-15,18,24H,5,10-11,16-17,19-21H2,1-2H3/t28-/m0/s1. The third-order valence-corrected chi connectivity index (χ3v) is 6.64. The van der Waals surface area contributed by atoms with E-state index < -0.39 is 5.60 Å². The van der Waals surface area contributed by atoms with Crippen LogP contribution in [0.2, 0.25) is 0 Å². The molecule has 4 rings (SSSR count). The highest BCUT2D eigenvalue weighted by Gasteiger charge is 2.36. The Hall–Kier alpha value is -2.96. The summed E-state index contributed by atoms with van der Waals surface area (Å²) in [7, 11) is 3.88. The van der Waals surface area contributed by atoms with Gasteiger partial charge in [-0.25, -0.2) is 9.78 Å². The fourth-order valence-corrected chi connectivity index (χ4v) is 4.89. The van der Waals surface area contributed by atoms with Gasteiger partial charge in [0.15, 0.2) is 18.2 Å². The van der Waals surface area contributed by atoms with Gasteiger partial charge in [-0.3, -0.25) is 0 Å². The molecule has 1 atom stereocenters. The van der Waals surface area contributed by atoms with Crippen molar-refractivity contribution in [2.24, 2.45) is 5.92 Å². The molecule has 0 spiro atoms. The summed E-state index contributed by atoms with van der Waals surface area (Å²) in [5.74, 6) is 0.499. The summed E-state index contributed by atoms with van der Waals surface area (Å²) in [6.45, 7) is 0.874. The molecule has 1 fully saturated rings. The van der Waals surface area contributed by atoms with Crippen LogP contribution >= 0.6 is 0 Å². The number of quaternary nitrogens is 1. The molecule has 180 valence electrons. The van der Waals surface area contributed by atoms with E-state index in [-0.39, 0.29) is 30.9 Å². The topological polar surface area (TPSA) is 75.4 Å². The molecule has 0 unspecified atom stereocenters. The van der Waals surface area contributed by atoms with Gasteiger partial charge in [0.05, 0.1) is 20.3 Å². The molecule has 0 amide bonds. The number of benzene rings is 2. The molecule has 1 aliphatic carbocycles. The van der Waals surface area contributed by atoms with Crippen LogP contribution in [0.3, 0.4) is 0 Å². The van der Waals surface area contributed by atoms with Crippen molar-refractivity contribution in [1.29, 1.82) is 0 Å². The van der Waals surface area contributed by atoms with E-state index in [0.29, 0.717) is 22.4 Å². The fourth-order valence-electron chi connectivity index (χ4n) is 4.89. The van der Waals surface area contributed by atoms with Crippen LogP contribution in [0.25, 0.3) is 0 Å². The van der Waals surface area contributed by atoms with E-state index in [4.69, 9.17) is 9.15 Å². The van der Waals surface area contributed by atoms with E-state index >= 15 is 0 Å². The van der Waals surface area contributed by atoms with Crippen LogP contribution in [0.5, 0.6) is 0 Å². The van der Waals surface area contributed by atoms with Gasteiger partial charge in [0.2, 0.25) is 0 Å². The number of esters is 1. The van der Waals surface area contributed by atoms with Crippen LogP contribution in [0, 0.1) is 5.92 Å². The largest absolute Gasteiger partial charge is 0.839 e. The molecular formula is C28H34N2O4. The van der Waals surface area contributed by atoms with Gasteiger partial charge in [0.25, 0.3) is 0 Å². The first-order chi connectivity index (χ1) is 16.4. The quantitative estimate of drug-likeness (QED) is 0.352. The van der Waals surface area contributed by atoms with Crippen molar-refractivity contribution in [2.45, 2.75) is 50.9 Å². The predicted molar refractivity (Wildman–Crippen MR) is 127 cm³/mol. The van der Waals surface area contributed by atoms with Crippen molar-refractivity contribution in [2.75, 3.05) is 20.6 Å². The summed E-state index contributed by atoms with van der Waals surface area (Å²) in [5, 5.41) is 14.4. The van der Waals surface area contributed by atoms with Gasteiger partial charge < -0.3 is 18.7 Å². The Morgan fingerprint density at radius 1 is 1.06 bits per heavy atom. The minimum absolute atomic E-state index is 0.0504. The highest BCUT2D eigenvalue weighted by atomic mass is 16.5. The summed E-state index contributed by atoms with van der Waals surface area (Å²) in [6.07, 6.45) is 6.69. The fraction of sp³-hybridized carbons (Fsp3) is 0.429. The molecule has 1 aromatic heterocycles. The maximum Gasteiger partial charge on any atom is 0.362 e. The average molecular weight is 463 g/mol. The number of rotatable bonds is 9. The number of carbonyl (C=O) groups is 1. The third-order valence-electron chi connectivity index (χ3n) is 6.64. The maximum absolute atomic E-state index is 14.4. The van der Waals surface area contributed by atoms with E-state index in [2.05, 4.69) is 4.98 Å². The van der Waals surface area contributed by atoms with Gasteiger partial charge in [-0.1, -0.05) is 92.8 Å². The van der Waals surface area contributed by atoms with Crippen LogP contribution in [-0.2, 0) is 28.3 Å². The second-order valence-electron chi connectivity index (χ2n) is 9.97. The van der Waals surface area contributed by atoms with Gasteiger partial charge >= 0.3 is 5.97 Å². The van der Waals surface area contributed by atoms with Crippen molar-refractivity contribution in [3.8, 4) is 0 Å². The van der Waals surface area contributed by atoms with E-state index in [1.54, 1.807) is 6.20 Å². The zero-order valence-electron chi connectivity index (χ0n) is 20.1. The molecule has 1 heterocycles. The molecule has 0 aliphatic heterocycles. The number of carbonyl (C=O) groups excluding carboxylic acids is 1. The maximum atomic E-state index is 14.4. The number of oxazole rings is 1. The van der Waals surface area contributed by atoms with Gasteiger partial charge in [0.1, 0.15) is 13.2 Å². The number of aromatic nitrogens is 1. The normalized spacial score (nSPS) is 16.7. The Bertz CT molecular complexity index is 1060. The first kappa shape index (κ1) is 24.2. The molecule has 0 bridgehead atoms. The molecule has 0 saturated heterocycles. The minimum Gasteiger partial charge on any atom is -0.839 e. The van der Waals surface area contributed by atoms with E-state index in [0.717, 1.165) is 31.2 Å². The monoisotopic (exact) mass is 462 g/mol. The lowest BCUT2D eigenvalue weighted by Gasteiger charge is -2.46. The lowest BCUT2D eigenvalue weighted by molar-refractivity contribution is -0.897. The molecule has 34 heavy (non-hydrogen) atoms. The number of likely N-dealkylation sites (N-methyl/N-ethyl adjacent to an activating group) is 1. The Morgan fingerprint density at radius 2 is 1.71 bits per heavy atom. The SMILES string of the molecule is C[N+](C)(CC(=O)OCc1ccccc1)Cc1cnc([C@]([O-])(c2ccccc2)C2CCCCC2)o1. The van der Waals surface area contributed by atoms with E-state index in [9.17, 15) is 9.90 Å². The second-order valence-corrected chi connectivity index (χ2v) is 9.97. The lowest BCUT2D eigenvalue weighted by atomic mass is 9.73. The Labute approximate surface area is 201 Å². The van der Waals surface area contributed by atoms with Crippen LogP contribution in [0.4, 0.5) is 0 Å². The smallest absolute Gasteiger partial charge is 0.362 e. The number of hydrogen-bond donors (Lipinski definition) is 0. The van der Waals surface area contributed by atoms with Gasteiger partial charge in [-0.2, -0.15) is 0 Å². The number of nitrogens with zero attached hydrogens (tertiary/aromatic N) is 2. The van der Waals surface area contributed by atoms with Crippen molar-refractivity contribution < 1.29 is 23.5 Å². The molecule has 2 aromatic carbocycles. The molecule has 1 aliphatic rings. The lowest BCUT2D eigenvalue weighted by Crippen LogP contribution is -2.49. The molecule has 6 nitrogen and oxygen atoms in total. The molecule has 6 heteroatoms. The zero-order chi connectivity index (χ0) is 24.0. The molecule has 0 N–H and O–H groups in total. The Kier molecular flexibility index (Phi) is 7.49. The predicted octanol–water partition coefficient (Wildman–Crippen LogP) is 4.18. The Balaban J connectivity index is 1.45. The summed E-state index contributed by atoms with van der Waals surface area (Å²) in [5.41, 5.74) is 0.149. The van der Waals surface area contributed by atoms with Gasteiger partial charge in [-0.15, -0.1) is 0 Å². The van der Waals surface area contributed by atoms with Crippen LogP contribution in [0.1, 0.15) is 54.9 Å². The summed E-state index contributed by atoms with van der Waals surface area (Å²) >= 11 is 0. The van der Waals surface area contributed by atoms with Crippen LogP contribution in [-0.4, -0.2) is 36.1 Å². The van der Waals surface area contributed by atoms with Gasteiger partial charge in [0, 0.05) is 0 Å². The van der Waals surface area contributed by atoms with Gasteiger partial charge in [-0.05, 0) is 22.6 Å². The van der Waals surface area contributed by atoms with Crippen molar-refractivity contribution in [3.05, 3.63) is 89.6 Å². The second kappa shape index (κ2) is 10.5. The van der Waals surface area contributed by atoms with Crippen LogP contribution in [0.15, 0.2) is 71.3 Å². The Morgan fingerprint density at radius 3 is 2.38 bits per heavy atom. The zero-order valence-corrected chi connectivity index (χ0v) is 20.1. The van der Waals surface area contributed by atoms with Crippen molar-refractivity contribution in [1.82, 2.24) is 4.98 Å². The first-order valence-electron chi connectivity index (χ1n) is 12.1. The molecule has 3 aromatic rings. The molecule has 1 saturated carbocycles. The highest BCUT2D eigenvalue weighted by molar-refractivity contribution is 5.70. The van der Waals surface area contributed by atoms with Crippen molar-refractivity contribution in [3.63, 3.8) is 0 Å². The first-order valence-corrected chi connectivity index (χ1v) is 12.1. The van der Waals surface area contributed by atoms with E-state index in [1.165, 1.54) is 6.42 Å². The van der Waals surface area contributed by atoms with E-state index in [1.807, 2.05) is 74.8 Å². The number of hydrogen-bond acceptors (Lipinski definition) is 5. The highest BCUT2D eigenvalue weighted by Crippen LogP contribution is 2.41. The summed E-state index contributed by atoms with van der Waals surface area (Å²) in [6, 6.07) is 19.1. The number of ether oxygens (including phenoxy) is 1. The van der Waals surface area contributed by atoms with Crippen LogP contribution < -0.4 is 5.11 Å². The minimum atomic E-state index is -1.51. The third kappa shape index (κ3) is 5.75. The summed E-state index contributed by atoms with van der Waals surface area (Å²) in [4.78, 5) is 16.9.